The van der Waals surface area contributed by atoms with Gasteiger partial charge in [0, 0.05) is 7.05 Å². The molecular formula is C12H12ClN3O2. The van der Waals surface area contributed by atoms with Crippen molar-refractivity contribution in [2.24, 2.45) is 0 Å². The minimum atomic E-state index is 0.166. The monoisotopic (exact) mass is 265 g/mol. The summed E-state index contributed by atoms with van der Waals surface area (Å²) in [6, 6.07) is 3.66. The molecule has 6 heteroatoms. The van der Waals surface area contributed by atoms with E-state index in [2.05, 4.69) is 9.97 Å². The Bertz CT molecular complexity index is 555. The third kappa shape index (κ3) is 2.51. The molecule has 0 aliphatic heterocycles. The molecule has 0 saturated carbocycles. The van der Waals surface area contributed by atoms with Gasteiger partial charge in [-0.1, -0.05) is 11.6 Å². The fraction of sp³-hybridized carbons (Fsp3) is 0.250. The van der Waals surface area contributed by atoms with E-state index in [9.17, 15) is 4.79 Å². The summed E-state index contributed by atoms with van der Waals surface area (Å²) < 4.78 is 5.25. The molecule has 5 nitrogen and oxygen atoms in total. The van der Waals surface area contributed by atoms with Gasteiger partial charge in [0.2, 0.25) is 0 Å². The summed E-state index contributed by atoms with van der Waals surface area (Å²) in [4.78, 5) is 21.0. The highest BCUT2D eigenvalue weighted by molar-refractivity contribution is 6.32. The van der Waals surface area contributed by atoms with Gasteiger partial charge in [0.1, 0.15) is 22.6 Å². The van der Waals surface area contributed by atoms with Crippen molar-refractivity contribution in [3.63, 3.8) is 0 Å². The molecule has 0 N–H and O–H groups in total. The van der Waals surface area contributed by atoms with Crippen molar-refractivity contribution in [2.45, 2.75) is 13.5 Å². The molecule has 0 aliphatic rings. The minimum absolute atomic E-state index is 0.166. The highest BCUT2D eigenvalue weighted by atomic mass is 35.5. The first kappa shape index (κ1) is 12.6. The zero-order valence-corrected chi connectivity index (χ0v) is 10.8. The number of aromatic nitrogens is 2. The second kappa shape index (κ2) is 5.18. The SMILES string of the molecule is Cc1nc(Cl)c(C=O)c(N(C)Cc2ccco2)n1. The standard InChI is InChI=1S/C12H12ClN3O2/c1-8-14-11(13)10(7-17)12(15-8)16(2)6-9-4-3-5-18-9/h3-5,7H,6H2,1-2H3. The lowest BCUT2D eigenvalue weighted by Crippen LogP contribution is -2.20. The van der Waals surface area contributed by atoms with Crippen LogP contribution in [-0.2, 0) is 6.54 Å². The van der Waals surface area contributed by atoms with Gasteiger partial charge in [-0.25, -0.2) is 9.97 Å². The molecule has 18 heavy (non-hydrogen) atoms. The molecular weight excluding hydrogens is 254 g/mol. The van der Waals surface area contributed by atoms with Gasteiger partial charge < -0.3 is 9.32 Å². The van der Waals surface area contributed by atoms with Gasteiger partial charge in [-0.05, 0) is 19.1 Å². The molecule has 0 spiro atoms. The van der Waals surface area contributed by atoms with Gasteiger partial charge >= 0.3 is 0 Å². The van der Waals surface area contributed by atoms with Crippen molar-refractivity contribution in [3.05, 3.63) is 40.7 Å². The number of hydrogen-bond donors (Lipinski definition) is 0. The molecule has 0 fully saturated rings. The van der Waals surface area contributed by atoms with Crippen LogP contribution in [0.5, 0.6) is 0 Å². The number of furan rings is 1. The molecule has 0 amide bonds. The van der Waals surface area contributed by atoms with E-state index in [0.717, 1.165) is 5.76 Å². The summed E-state index contributed by atoms with van der Waals surface area (Å²) in [5.74, 6) is 1.80. The third-order valence-electron chi connectivity index (χ3n) is 2.44. The van der Waals surface area contributed by atoms with Gasteiger partial charge in [0.05, 0.1) is 18.4 Å². The van der Waals surface area contributed by atoms with Crippen LogP contribution in [0, 0.1) is 6.92 Å². The topological polar surface area (TPSA) is 59.2 Å². The number of aldehydes is 1. The molecule has 2 heterocycles. The molecule has 0 aromatic carbocycles. The Kier molecular flexibility index (Phi) is 3.62. The molecule has 0 saturated heterocycles. The summed E-state index contributed by atoms with van der Waals surface area (Å²) in [6.07, 6.45) is 2.26. The molecule has 94 valence electrons. The van der Waals surface area contributed by atoms with Crippen LogP contribution in [0.15, 0.2) is 22.8 Å². The second-order valence-electron chi connectivity index (χ2n) is 3.85. The number of aryl methyl sites for hydroxylation is 1. The highest BCUT2D eigenvalue weighted by Gasteiger charge is 2.15. The van der Waals surface area contributed by atoms with Crippen molar-refractivity contribution < 1.29 is 9.21 Å². The van der Waals surface area contributed by atoms with E-state index in [0.29, 0.717) is 24.5 Å². The van der Waals surface area contributed by atoms with Gasteiger partial charge in [-0.15, -0.1) is 0 Å². The Morgan fingerprint density at radius 1 is 1.50 bits per heavy atom. The summed E-state index contributed by atoms with van der Waals surface area (Å²) in [7, 11) is 1.81. The Labute approximate surface area is 109 Å². The number of carbonyl (C=O) groups excluding carboxylic acids is 1. The highest BCUT2D eigenvalue weighted by Crippen LogP contribution is 2.23. The minimum Gasteiger partial charge on any atom is -0.467 e. The van der Waals surface area contributed by atoms with Crippen molar-refractivity contribution in [2.75, 3.05) is 11.9 Å². The molecule has 0 atom stereocenters. The lowest BCUT2D eigenvalue weighted by atomic mass is 10.3. The van der Waals surface area contributed by atoms with Gasteiger partial charge in [0.15, 0.2) is 6.29 Å². The van der Waals surface area contributed by atoms with Crippen LogP contribution >= 0.6 is 11.6 Å². The zero-order chi connectivity index (χ0) is 13.1. The second-order valence-corrected chi connectivity index (χ2v) is 4.21. The Hall–Kier alpha value is -1.88. The van der Waals surface area contributed by atoms with Gasteiger partial charge in [-0.2, -0.15) is 0 Å². The van der Waals surface area contributed by atoms with Crippen molar-refractivity contribution in [1.29, 1.82) is 0 Å². The first-order valence-corrected chi connectivity index (χ1v) is 5.72. The van der Waals surface area contributed by atoms with Crippen molar-refractivity contribution in [3.8, 4) is 0 Å². The van der Waals surface area contributed by atoms with Crippen LogP contribution in [0.1, 0.15) is 21.9 Å². The molecule has 0 aliphatic carbocycles. The lowest BCUT2D eigenvalue weighted by Gasteiger charge is -2.19. The molecule has 0 unspecified atom stereocenters. The van der Waals surface area contributed by atoms with Crippen molar-refractivity contribution in [1.82, 2.24) is 9.97 Å². The Morgan fingerprint density at radius 3 is 2.89 bits per heavy atom. The Balaban J connectivity index is 2.34. The van der Waals surface area contributed by atoms with E-state index in [1.807, 2.05) is 19.2 Å². The van der Waals surface area contributed by atoms with Crippen LogP contribution in [0.3, 0.4) is 0 Å². The summed E-state index contributed by atoms with van der Waals surface area (Å²) >= 11 is 5.93. The smallest absolute Gasteiger partial charge is 0.156 e. The predicted octanol–water partition coefficient (Wildman–Crippen LogP) is 2.48. The van der Waals surface area contributed by atoms with Crippen LogP contribution < -0.4 is 4.90 Å². The van der Waals surface area contributed by atoms with Gasteiger partial charge in [-0.3, -0.25) is 4.79 Å². The first-order chi connectivity index (χ1) is 8.61. The zero-order valence-electron chi connectivity index (χ0n) is 10.1. The number of anilines is 1. The van der Waals surface area contributed by atoms with E-state index >= 15 is 0 Å². The van der Waals surface area contributed by atoms with Crippen LogP contribution in [0.2, 0.25) is 5.15 Å². The van der Waals surface area contributed by atoms with E-state index in [1.165, 1.54) is 0 Å². The number of nitrogens with zero attached hydrogens (tertiary/aromatic N) is 3. The van der Waals surface area contributed by atoms with E-state index in [1.54, 1.807) is 18.1 Å². The number of carbonyl (C=O) groups is 1. The number of halogens is 1. The van der Waals surface area contributed by atoms with Gasteiger partial charge in [0.25, 0.3) is 0 Å². The fourth-order valence-electron chi connectivity index (χ4n) is 1.64. The van der Waals surface area contributed by atoms with E-state index in [-0.39, 0.29) is 10.7 Å². The quantitative estimate of drug-likeness (QED) is 0.628. The summed E-state index contributed by atoms with van der Waals surface area (Å²) in [5, 5.41) is 0.166. The molecule has 0 bridgehead atoms. The maximum atomic E-state index is 11.1. The number of rotatable bonds is 4. The normalized spacial score (nSPS) is 10.4. The Morgan fingerprint density at radius 2 is 2.28 bits per heavy atom. The molecule has 2 aromatic heterocycles. The average molecular weight is 266 g/mol. The average Bonchev–Trinajstić information content (AvgIpc) is 2.80. The lowest BCUT2D eigenvalue weighted by molar-refractivity contribution is 0.112. The van der Waals surface area contributed by atoms with E-state index in [4.69, 9.17) is 16.0 Å². The maximum Gasteiger partial charge on any atom is 0.156 e. The fourth-order valence-corrected chi connectivity index (χ4v) is 1.89. The van der Waals surface area contributed by atoms with Crippen LogP contribution in [0.4, 0.5) is 5.82 Å². The van der Waals surface area contributed by atoms with E-state index < -0.39 is 0 Å². The summed E-state index contributed by atoms with van der Waals surface area (Å²) in [5.41, 5.74) is 0.288. The first-order valence-electron chi connectivity index (χ1n) is 5.34. The van der Waals surface area contributed by atoms with Crippen LogP contribution in [0.25, 0.3) is 0 Å². The maximum absolute atomic E-state index is 11.1. The third-order valence-corrected chi connectivity index (χ3v) is 2.73. The summed E-state index contributed by atoms with van der Waals surface area (Å²) in [6.45, 7) is 2.23. The number of hydrogen-bond acceptors (Lipinski definition) is 5. The van der Waals surface area contributed by atoms with Crippen LogP contribution in [-0.4, -0.2) is 23.3 Å². The predicted molar refractivity (Wildman–Crippen MR) is 68.0 cm³/mol. The van der Waals surface area contributed by atoms with Crippen molar-refractivity contribution >= 4 is 23.7 Å². The molecule has 0 radical (unpaired) electrons. The molecule has 2 aromatic rings. The molecule has 2 rings (SSSR count). The largest absolute Gasteiger partial charge is 0.467 e.